The largest absolute Gasteiger partial charge is 0.497 e. The zero-order valence-corrected chi connectivity index (χ0v) is 13.4. The van der Waals surface area contributed by atoms with Crippen molar-refractivity contribution in [3.05, 3.63) is 59.0 Å². The van der Waals surface area contributed by atoms with Gasteiger partial charge < -0.3 is 14.4 Å². The minimum absolute atomic E-state index is 0.00477. The molecule has 0 saturated carbocycles. The predicted molar refractivity (Wildman–Crippen MR) is 84.9 cm³/mol. The summed E-state index contributed by atoms with van der Waals surface area (Å²) in [5, 5.41) is 9.91. The van der Waals surface area contributed by atoms with Gasteiger partial charge in [0.25, 0.3) is 5.56 Å². The summed E-state index contributed by atoms with van der Waals surface area (Å²) in [6.07, 6.45) is 0.506. The van der Waals surface area contributed by atoms with Crippen LogP contribution in [0.4, 0.5) is 0 Å². The minimum Gasteiger partial charge on any atom is -0.497 e. The van der Waals surface area contributed by atoms with Crippen LogP contribution in [0.15, 0.2) is 58.4 Å². The van der Waals surface area contributed by atoms with E-state index in [2.05, 4.69) is 4.72 Å². The molecule has 0 spiro atoms. The molecule has 0 fully saturated rings. The van der Waals surface area contributed by atoms with Crippen molar-refractivity contribution in [2.45, 2.75) is 17.5 Å². The Morgan fingerprint density at radius 2 is 1.91 bits per heavy atom. The third kappa shape index (κ3) is 4.65. The topological polar surface area (TPSA) is 97.6 Å². The number of aliphatic hydroxyl groups excluding tert-OH is 1. The van der Waals surface area contributed by atoms with Crippen LogP contribution in [0, 0.1) is 0 Å². The van der Waals surface area contributed by atoms with E-state index in [9.17, 15) is 18.3 Å². The molecule has 124 valence electrons. The van der Waals surface area contributed by atoms with Gasteiger partial charge in [-0.3, -0.25) is 4.79 Å². The SMILES string of the molecule is COc1ccc(S(=O)(=O)NCC(O)Cn2ccccc2=O)cc1. The first-order valence-electron chi connectivity index (χ1n) is 6.89. The van der Waals surface area contributed by atoms with Crippen LogP contribution in [0.5, 0.6) is 5.75 Å². The summed E-state index contributed by atoms with van der Waals surface area (Å²) in [6.45, 7) is -0.194. The fourth-order valence-corrected chi connectivity index (χ4v) is 3.02. The summed E-state index contributed by atoms with van der Waals surface area (Å²) >= 11 is 0. The molecule has 1 unspecified atom stereocenters. The number of aromatic nitrogens is 1. The molecule has 1 aromatic carbocycles. The zero-order chi connectivity index (χ0) is 16.9. The zero-order valence-electron chi connectivity index (χ0n) is 12.5. The van der Waals surface area contributed by atoms with Crippen LogP contribution >= 0.6 is 0 Å². The van der Waals surface area contributed by atoms with Gasteiger partial charge in [-0.2, -0.15) is 0 Å². The maximum atomic E-state index is 12.1. The molecular formula is C15H18N2O5S. The van der Waals surface area contributed by atoms with E-state index in [0.717, 1.165) is 0 Å². The van der Waals surface area contributed by atoms with Crippen molar-refractivity contribution in [1.82, 2.24) is 9.29 Å². The highest BCUT2D eigenvalue weighted by atomic mass is 32.2. The van der Waals surface area contributed by atoms with E-state index < -0.39 is 16.1 Å². The molecule has 0 radical (unpaired) electrons. The lowest BCUT2D eigenvalue weighted by atomic mass is 10.3. The summed E-state index contributed by atoms with van der Waals surface area (Å²) in [4.78, 5) is 11.6. The number of ether oxygens (including phenoxy) is 1. The van der Waals surface area contributed by atoms with E-state index in [-0.39, 0.29) is 23.5 Å². The summed E-state index contributed by atoms with van der Waals surface area (Å²) in [7, 11) is -2.25. The van der Waals surface area contributed by atoms with Gasteiger partial charge in [-0.1, -0.05) is 6.07 Å². The summed E-state index contributed by atoms with van der Waals surface area (Å²) in [5.74, 6) is 0.549. The quantitative estimate of drug-likeness (QED) is 0.751. The van der Waals surface area contributed by atoms with Gasteiger partial charge in [0.2, 0.25) is 10.0 Å². The summed E-state index contributed by atoms with van der Waals surface area (Å²) in [5.41, 5.74) is -0.260. The van der Waals surface area contributed by atoms with Crippen molar-refractivity contribution in [1.29, 1.82) is 0 Å². The highest BCUT2D eigenvalue weighted by molar-refractivity contribution is 7.89. The van der Waals surface area contributed by atoms with Crippen LogP contribution < -0.4 is 15.0 Å². The molecule has 2 N–H and O–H groups in total. The Morgan fingerprint density at radius 3 is 2.52 bits per heavy atom. The van der Waals surface area contributed by atoms with Crippen molar-refractivity contribution >= 4 is 10.0 Å². The van der Waals surface area contributed by atoms with E-state index in [4.69, 9.17) is 4.74 Å². The second kappa shape index (κ2) is 7.40. The van der Waals surface area contributed by atoms with Crippen molar-refractivity contribution in [3.63, 3.8) is 0 Å². The Bertz CT molecular complexity index is 799. The molecule has 7 nitrogen and oxygen atoms in total. The molecular weight excluding hydrogens is 320 g/mol. The van der Waals surface area contributed by atoms with E-state index in [1.807, 2.05) is 0 Å². The number of benzene rings is 1. The number of rotatable bonds is 7. The number of pyridine rings is 1. The molecule has 1 aromatic heterocycles. The van der Waals surface area contributed by atoms with Gasteiger partial charge in [0.05, 0.1) is 24.7 Å². The molecule has 0 bridgehead atoms. The molecule has 0 saturated heterocycles. The Balaban J connectivity index is 1.98. The number of sulfonamides is 1. The average molecular weight is 338 g/mol. The summed E-state index contributed by atoms with van der Waals surface area (Å²) in [6, 6.07) is 10.5. The molecule has 0 aliphatic carbocycles. The maximum absolute atomic E-state index is 12.1. The van der Waals surface area contributed by atoms with Gasteiger partial charge in [0.1, 0.15) is 5.75 Å². The van der Waals surface area contributed by atoms with Crippen LogP contribution in [-0.2, 0) is 16.6 Å². The van der Waals surface area contributed by atoms with Gasteiger partial charge in [-0.05, 0) is 30.3 Å². The second-order valence-electron chi connectivity index (χ2n) is 4.87. The first-order valence-corrected chi connectivity index (χ1v) is 8.38. The number of nitrogens with zero attached hydrogens (tertiary/aromatic N) is 1. The predicted octanol–water partition coefficient (Wildman–Crippen LogP) is 0.196. The molecule has 2 rings (SSSR count). The Morgan fingerprint density at radius 1 is 1.22 bits per heavy atom. The van der Waals surface area contributed by atoms with E-state index >= 15 is 0 Å². The van der Waals surface area contributed by atoms with Gasteiger partial charge in [-0.25, -0.2) is 13.1 Å². The number of aliphatic hydroxyl groups is 1. The third-order valence-electron chi connectivity index (χ3n) is 3.19. The normalized spacial score (nSPS) is 12.8. The lowest BCUT2D eigenvalue weighted by molar-refractivity contribution is 0.156. The second-order valence-corrected chi connectivity index (χ2v) is 6.64. The molecule has 2 aromatic rings. The van der Waals surface area contributed by atoms with Crippen molar-refractivity contribution in [2.24, 2.45) is 0 Å². The Hall–Kier alpha value is -2.16. The van der Waals surface area contributed by atoms with Gasteiger partial charge >= 0.3 is 0 Å². The minimum atomic E-state index is -3.74. The van der Waals surface area contributed by atoms with Crippen LogP contribution in [0.25, 0.3) is 0 Å². The van der Waals surface area contributed by atoms with Crippen molar-refractivity contribution in [3.8, 4) is 5.75 Å². The smallest absolute Gasteiger partial charge is 0.250 e. The molecule has 23 heavy (non-hydrogen) atoms. The van der Waals surface area contributed by atoms with Crippen LogP contribution in [-0.4, -0.2) is 37.8 Å². The van der Waals surface area contributed by atoms with Crippen LogP contribution in [0.1, 0.15) is 0 Å². The highest BCUT2D eigenvalue weighted by Crippen LogP contribution is 2.15. The monoisotopic (exact) mass is 338 g/mol. The number of hydrogen-bond donors (Lipinski definition) is 2. The van der Waals surface area contributed by atoms with Crippen LogP contribution in [0.2, 0.25) is 0 Å². The molecule has 0 aliphatic heterocycles. The number of nitrogens with one attached hydrogen (secondary N) is 1. The molecule has 1 heterocycles. The van der Waals surface area contributed by atoms with E-state index in [1.165, 1.54) is 48.2 Å². The lowest BCUT2D eigenvalue weighted by Crippen LogP contribution is -2.36. The standard InChI is InChI=1S/C15H18N2O5S/c1-22-13-5-7-14(8-6-13)23(20,21)16-10-12(18)11-17-9-3-2-4-15(17)19/h2-9,12,16,18H,10-11H2,1H3. The van der Waals surface area contributed by atoms with Crippen molar-refractivity contribution < 1.29 is 18.3 Å². The first-order chi connectivity index (χ1) is 10.9. The fourth-order valence-electron chi connectivity index (χ4n) is 1.95. The molecule has 8 heteroatoms. The Kier molecular flexibility index (Phi) is 5.54. The summed E-state index contributed by atoms with van der Waals surface area (Å²) < 4.78 is 32.8. The number of methoxy groups -OCH3 is 1. The molecule has 1 atom stereocenters. The first kappa shape index (κ1) is 17.2. The van der Waals surface area contributed by atoms with Gasteiger partial charge in [0, 0.05) is 18.8 Å². The van der Waals surface area contributed by atoms with Gasteiger partial charge in [0.15, 0.2) is 0 Å². The molecule has 0 aliphatic rings. The Labute approximate surface area is 134 Å². The third-order valence-corrected chi connectivity index (χ3v) is 4.62. The average Bonchev–Trinajstić information content (AvgIpc) is 2.55. The van der Waals surface area contributed by atoms with E-state index in [0.29, 0.717) is 5.75 Å². The maximum Gasteiger partial charge on any atom is 0.250 e. The van der Waals surface area contributed by atoms with E-state index in [1.54, 1.807) is 12.1 Å². The fraction of sp³-hybridized carbons (Fsp3) is 0.267. The van der Waals surface area contributed by atoms with Crippen molar-refractivity contribution in [2.75, 3.05) is 13.7 Å². The van der Waals surface area contributed by atoms with Gasteiger partial charge in [-0.15, -0.1) is 0 Å². The number of hydrogen-bond acceptors (Lipinski definition) is 5. The lowest BCUT2D eigenvalue weighted by Gasteiger charge is -2.14. The molecule has 0 amide bonds. The highest BCUT2D eigenvalue weighted by Gasteiger charge is 2.16. The van der Waals surface area contributed by atoms with Crippen LogP contribution in [0.3, 0.4) is 0 Å².